The Kier molecular flexibility index (Phi) is 3.05. The first-order valence-electron chi connectivity index (χ1n) is 7.02. The predicted octanol–water partition coefficient (Wildman–Crippen LogP) is 4.01. The van der Waals surface area contributed by atoms with E-state index in [-0.39, 0.29) is 6.04 Å². The van der Waals surface area contributed by atoms with Gasteiger partial charge in [0.1, 0.15) is 0 Å². The Labute approximate surface area is 114 Å². The van der Waals surface area contributed by atoms with Crippen LogP contribution in [0.1, 0.15) is 48.7 Å². The summed E-state index contributed by atoms with van der Waals surface area (Å²) < 4.78 is 2.29. The summed E-state index contributed by atoms with van der Waals surface area (Å²) in [6.07, 6.45) is 4.72. The van der Waals surface area contributed by atoms with Gasteiger partial charge in [0, 0.05) is 12.2 Å². The second-order valence-corrected chi connectivity index (χ2v) is 5.62. The van der Waals surface area contributed by atoms with Crippen LogP contribution in [0, 0.1) is 13.8 Å². The van der Waals surface area contributed by atoms with E-state index in [0.29, 0.717) is 6.04 Å². The number of hydrogen-bond donors (Lipinski definition) is 1. The Morgan fingerprint density at radius 3 is 2.53 bits per heavy atom. The molecule has 0 saturated heterocycles. The van der Waals surface area contributed by atoms with Crippen LogP contribution >= 0.6 is 0 Å². The van der Waals surface area contributed by atoms with E-state index in [4.69, 9.17) is 0 Å². The standard InChI is InChI=1S/C16H21N3/c1-11-4-6-14(7-5-11)13(3)18-16-17-12(2)10-19(16)15-8-9-15/h4-7,10,13,15H,8-9H2,1-3H3,(H,17,18). The molecule has 3 rings (SSSR count). The molecule has 19 heavy (non-hydrogen) atoms. The van der Waals surface area contributed by atoms with Crippen molar-refractivity contribution in [2.45, 2.75) is 45.7 Å². The van der Waals surface area contributed by atoms with E-state index in [9.17, 15) is 0 Å². The van der Waals surface area contributed by atoms with Crippen molar-refractivity contribution in [3.63, 3.8) is 0 Å². The number of hydrogen-bond acceptors (Lipinski definition) is 2. The molecule has 0 spiro atoms. The lowest BCUT2D eigenvalue weighted by Gasteiger charge is -2.16. The predicted molar refractivity (Wildman–Crippen MR) is 78.5 cm³/mol. The van der Waals surface area contributed by atoms with Gasteiger partial charge in [-0.1, -0.05) is 29.8 Å². The van der Waals surface area contributed by atoms with Gasteiger partial charge in [-0.3, -0.25) is 0 Å². The molecule has 1 fully saturated rings. The molecule has 1 aromatic heterocycles. The third-order valence-electron chi connectivity index (χ3n) is 3.72. The lowest BCUT2D eigenvalue weighted by molar-refractivity contribution is 0.727. The second-order valence-electron chi connectivity index (χ2n) is 5.62. The van der Waals surface area contributed by atoms with E-state index >= 15 is 0 Å². The van der Waals surface area contributed by atoms with Crippen LogP contribution < -0.4 is 5.32 Å². The molecule has 100 valence electrons. The molecule has 1 aliphatic rings. The van der Waals surface area contributed by atoms with Crippen LogP contribution in [0.15, 0.2) is 30.5 Å². The number of rotatable bonds is 4. The summed E-state index contributed by atoms with van der Waals surface area (Å²) in [7, 11) is 0. The average Bonchev–Trinajstić information content (AvgIpc) is 3.15. The van der Waals surface area contributed by atoms with Crippen LogP contribution in [-0.2, 0) is 0 Å². The van der Waals surface area contributed by atoms with Gasteiger partial charge in [0.25, 0.3) is 0 Å². The Morgan fingerprint density at radius 2 is 1.89 bits per heavy atom. The monoisotopic (exact) mass is 255 g/mol. The molecule has 1 aromatic carbocycles. The summed E-state index contributed by atoms with van der Waals surface area (Å²) in [6.45, 7) is 6.36. The van der Waals surface area contributed by atoms with Gasteiger partial charge in [0.15, 0.2) is 0 Å². The summed E-state index contributed by atoms with van der Waals surface area (Å²) in [6, 6.07) is 9.63. The first-order chi connectivity index (χ1) is 9.13. The minimum Gasteiger partial charge on any atom is -0.349 e. The molecule has 2 aromatic rings. The Bertz CT molecular complexity index is 564. The zero-order chi connectivity index (χ0) is 13.4. The van der Waals surface area contributed by atoms with Gasteiger partial charge in [0.2, 0.25) is 5.95 Å². The van der Waals surface area contributed by atoms with Crippen molar-refractivity contribution in [1.82, 2.24) is 9.55 Å². The van der Waals surface area contributed by atoms with Crippen molar-refractivity contribution in [3.05, 3.63) is 47.3 Å². The Balaban J connectivity index is 1.78. The molecule has 1 heterocycles. The number of aromatic nitrogens is 2. The minimum atomic E-state index is 0.278. The molecule has 3 nitrogen and oxygen atoms in total. The summed E-state index contributed by atoms with van der Waals surface area (Å²) in [5.74, 6) is 1.01. The number of nitrogens with zero attached hydrogens (tertiary/aromatic N) is 2. The van der Waals surface area contributed by atoms with Gasteiger partial charge in [-0.05, 0) is 39.2 Å². The van der Waals surface area contributed by atoms with Crippen molar-refractivity contribution < 1.29 is 0 Å². The SMILES string of the molecule is Cc1ccc(C(C)Nc2nc(C)cn2C2CC2)cc1. The van der Waals surface area contributed by atoms with E-state index in [0.717, 1.165) is 11.6 Å². The van der Waals surface area contributed by atoms with Gasteiger partial charge in [0.05, 0.1) is 11.7 Å². The largest absolute Gasteiger partial charge is 0.349 e. The molecule has 0 aliphatic heterocycles. The molecule has 1 atom stereocenters. The molecule has 0 radical (unpaired) electrons. The van der Waals surface area contributed by atoms with E-state index in [1.807, 2.05) is 0 Å². The molecule has 0 amide bonds. The highest BCUT2D eigenvalue weighted by atomic mass is 15.2. The molecule has 3 heteroatoms. The fraction of sp³-hybridized carbons (Fsp3) is 0.438. The van der Waals surface area contributed by atoms with Crippen LogP contribution in [0.3, 0.4) is 0 Å². The smallest absolute Gasteiger partial charge is 0.203 e. The molecular weight excluding hydrogens is 234 g/mol. The van der Waals surface area contributed by atoms with Gasteiger partial charge < -0.3 is 9.88 Å². The van der Waals surface area contributed by atoms with Crippen molar-refractivity contribution in [3.8, 4) is 0 Å². The Hall–Kier alpha value is -1.77. The van der Waals surface area contributed by atoms with Gasteiger partial charge in [-0.25, -0.2) is 4.98 Å². The van der Waals surface area contributed by atoms with Crippen LogP contribution in [0.25, 0.3) is 0 Å². The Morgan fingerprint density at radius 1 is 1.21 bits per heavy atom. The fourth-order valence-electron chi connectivity index (χ4n) is 2.39. The molecule has 0 bridgehead atoms. The van der Waals surface area contributed by atoms with Gasteiger partial charge >= 0.3 is 0 Å². The zero-order valence-electron chi connectivity index (χ0n) is 11.9. The van der Waals surface area contributed by atoms with Crippen LogP contribution in [0.5, 0.6) is 0 Å². The minimum absolute atomic E-state index is 0.278. The third-order valence-corrected chi connectivity index (χ3v) is 3.72. The fourth-order valence-corrected chi connectivity index (χ4v) is 2.39. The van der Waals surface area contributed by atoms with E-state index < -0.39 is 0 Å². The highest BCUT2D eigenvalue weighted by Gasteiger charge is 2.26. The van der Waals surface area contributed by atoms with Crippen molar-refractivity contribution in [2.75, 3.05) is 5.32 Å². The van der Waals surface area contributed by atoms with Crippen molar-refractivity contribution in [1.29, 1.82) is 0 Å². The van der Waals surface area contributed by atoms with Crippen LogP contribution in [0.2, 0.25) is 0 Å². The number of anilines is 1. The highest BCUT2D eigenvalue weighted by molar-refractivity contribution is 5.36. The zero-order valence-corrected chi connectivity index (χ0v) is 11.9. The molecule has 1 N–H and O–H groups in total. The maximum atomic E-state index is 4.61. The topological polar surface area (TPSA) is 29.9 Å². The summed E-state index contributed by atoms with van der Waals surface area (Å²) >= 11 is 0. The van der Waals surface area contributed by atoms with Gasteiger partial charge in [-0.15, -0.1) is 0 Å². The first-order valence-corrected chi connectivity index (χ1v) is 7.02. The third kappa shape index (κ3) is 2.65. The van der Waals surface area contributed by atoms with Crippen LogP contribution in [0.4, 0.5) is 5.95 Å². The second kappa shape index (κ2) is 4.72. The van der Waals surface area contributed by atoms with Gasteiger partial charge in [-0.2, -0.15) is 0 Å². The quantitative estimate of drug-likeness (QED) is 0.894. The number of aryl methyl sites for hydroxylation is 2. The molecule has 1 saturated carbocycles. The molecule has 1 aliphatic carbocycles. The first kappa shape index (κ1) is 12.3. The summed E-state index contributed by atoms with van der Waals surface area (Å²) in [5, 5.41) is 3.54. The molecular formula is C16H21N3. The normalized spacial score (nSPS) is 16.4. The maximum Gasteiger partial charge on any atom is 0.203 e. The lowest BCUT2D eigenvalue weighted by atomic mass is 10.1. The summed E-state index contributed by atoms with van der Waals surface area (Å²) in [4.78, 5) is 4.61. The van der Waals surface area contributed by atoms with Crippen molar-refractivity contribution in [2.24, 2.45) is 0 Å². The highest BCUT2D eigenvalue weighted by Crippen LogP contribution is 2.37. The number of benzene rings is 1. The maximum absolute atomic E-state index is 4.61. The summed E-state index contributed by atoms with van der Waals surface area (Å²) in [5.41, 5.74) is 3.69. The molecule has 1 unspecified atom stereocenters. The van der Waals surface area contributed by atoms with Crippen molar-refractivity contribution >= 4 is 5.95 Å². The number of imidazole rings is 1. The van der Waals surface area contributed by atoms with Crippen LogP contribution in [-0.4, -0.2) is 9.55 Å². The van der Waals surface area contributed by atoms with E-state index in [1.54, 1.807) is 0 Å². The van der Waals surface area contributed by atoms with E-state index in [2.05, 4.69) is 66.1 Å². The van der Waals surface area contributed by atoms with E-state index in [1.165, 1.54) is 24.0 Å². The lowest BCUT2D eigenvalue weighted by Crippen LogP contribution is -2.11. The average molecular weight is 255 g/mol. The number of nitrogens with one attached hydrogen (secondary N) is 1.